The third-order valence-electron chi connectivity index (χ3n) is 5.29. The first-order valence-electron chi connectivity index (χ1n) is 10.0. The number of rotatable bonds is 13. The second-order valence-corrected chi connectivity index (χ2v) is 7.28. The lowest BCUT2D eigenvalue weighted by Crippen LogP contribution is -2.18. The molecule has 0 bridgehead atoms. The Morgan fingerprint density at radius 1 is 1.04 bits per heavy atom. The molecule has 3 unspecified atom stereocenters. The van der Waals surface area contributed by atoms with E-state index >= 15 is 0 Å². The molecule has 0 aliphatic heterocycles. The van der Waals surface area contributed by atoms with Crippen LogP contribution in [0.25, 0.3) is 0 Å². The van der Waals surface area contributed by atoms with Crippen molar-refractivity contribution in [1.29, 1.82) is 0 Å². The maximum absolute atomic E-state index is 11.9. The molecular weight excluding hydrogens is 316 g/mol. The van der Waals surface area contributed by atoms with E-state index in [4.69, 9.17) is 0 Å². The van der Waals surface area contributed by atoms with E-state index in [1.54, 1.807) is 6.08 Å². The van der Waals surface area contributed by atoms with Crippen molar-refractivity contribution < 1.29 is 19.4 Å². The van der Waals surface area contributed by atoms with Gasteiger partial charge in [-0.15, -0.1) is 0 Å². The molecule has 0 aromatic heterocycles. The van der Waals surface area contributed by atoms with E-state index in [1.807, 2.05) is 6.08 Å². The highest BCUT2D eigenvalue weighted by atomic mass is 16.5. The largest absolute Gasteiger partial charge is 0.469 e. The molecule has 1 rings (SSSR count). The molecule has 25 heavy (non-hydrogen) atoms. The number of methoxy groups -OCH3 is 1. The molecule has 0 saturated heterocycles. The molecule has 0 radical (unpaired) electrons. The Bertz CT molecular complexity index is 416. The van der Waals surface area contributed by atoms with E-state index in [1.165, 1.54) is 7.11 Å². The van der Waals surface area contributed by atoms with Crippen LogP contribution in [0.3, 0.4) is 0 Å². The maximum Gasteiger partial charge on any atom is 0.305 e. The van der Waals surface area contributed by atoms with Crippen LogP contribution >= 0.6 is 0 Å². The lowest BCUT2D eigenvalue weighted by molar-refractivity contribution is -0.140. The first-order valence-corrected chi connectivity index (χ1v) is 10.0. The highest BCUT2D eigenvalue weighted by Crippen LogP contribution is 2.36. The van der Waals surface area contributed by atoms with Gasteiger partial charge in [0.05, 0.1) is 13.2 Å². The summed E-state index contributed by atoms with van der Waals surface area (Å²) in [5.74, 6) is 0.692. The molecule has 144 valence electrons. The molecule has 4 heteroatoms. The maximum atomic E-state index is 11.9. The summed E-state index contributed by atoms with van der Waals surface area (Å²) in [6.45, 7) is 2.14. The van der Waals surface area contributed by atoms with Crippen LogP contribution in [0, 0.1) is 11.8 Å². The molecule has 1 fully saturated rings. The van der Waals surface area contributed by atoms with Gasteiger partial charge in [-0.3, -0.25) is 9.59 Å². The smallest absolute Gasteiger partial charge is 0.305 e. The average molecular weight is 353 g/mol. The number of aliphatic hydroxyl groups excluding tert-OH is 1. The molecule has 4 nitrogen and oxygen atoms in total. The first kappa shape index (κ1) is 21.9. The Morgan fingerprint density at radius 2 is 1.76 bits per heavy atom. The second kappa shape index (κ2) is 13.1. The minimum Gasteiger partial charge on any atom is -0.469 e. The van der Waals surface area contributed by atoms with Crippen LogP contribution in [-0.4, -0.2) is 30.1 Å². The van der Waals surface area contributed by atoms with Gasteiger partial charge in [-0.2, -0.15) is 0 Å². The molecule has 1 saturated carbocycles. The van der Waals surface area contributed by atoms with Crippen molar-refractivity contribution in [3.63, 3.8) is 0 Å². The molecule has 0 aromatic carbocycles. The van der Waals surface area contributed by atoms with Crippen molar-refractivity contribution in [1.82, 2.24) is 0 Å². The van der Waals surface area contributed by atoms with Crippen LogP contribution in [0.5, 0.6) is 0 Å². The molecule has 1 aliphatic rings. The molecule has 0 heterocycles. The normalized spacial score (nSPS) is 23.2. The van der Waals surface area contributed by atoms with Gasteiger partial charge in [0.25, 0.3) is 0 Å². The Balaban J connectivity index is 2.26. The van der Waals surface area contributed by atoms with Crippen LogP contribution in [0.15, 0.2) is 12.2 Å². The minimum absolute atomic E-state index is 0.139. The summed E-state index contributed by atoms with van der Waals surface area (Å²) in [4.78, 5) is 22.9. The topological polar surface area (TPSA) is 63.6 Å². The number of hydrogen-bond donors (Lipinski definition) is 1. The molecule has 0 amide bonds. The summed E-state index contributed by atoms with van der Waals surface area (Å²) < 4.78 is 4.64. The number of unbranched alkanes of at least 4 members (excludes halogenated alkanes) is 5. The predicted molar refractivity (Wildman–Crippen MR) is 100 cm³/mol. The number of aliphatic hydroxyl groups is 1. The quantitative estimate of drug-likeness (QED) is 0.299. The highest BCUT2D eigenvalue weighted by Gasteiger charge is 2.32. The van der Waals surface area contributed by atoms with Crippen molar-refractivity contribution in [2.75, 3.05) is 7.11 Å². The SMILES string of the molecule is CCCCCC(=O)C=CC1CCC(O)C1CCCCCCC(=O)OC. The fourth-order valence-electron chi connectivity index (χ4n) is 3.69. The summed E-state index contributed by atoms with van der Waals surface area (Å²) in [5.41, 5.74) is 0. The van der Waals surface area contributed by atoms with E-state index in [2.05, 4.69) is 11.7 Å². The van der Waals surface area contributed by atoms with Crippen LogP contribution in [0.1, 0.15) is 84.0 Å². The standard InChI is InChI=1S/C21H36O4/c1-3-4-7-10-18(22)15-13-17-14-16-20(23)19(17)11-8-5-6-9-12-21(24)25-2/h13,15,17,19-20,23H,3-12,14,16H2,1-2H3. The van der Waals surface area contributed by atoms with Crippen LogP contribution in [-0.2, 0) is 14.3 Å². The summed E-state index contributed by atoms with van der Waals surface area (Å²) in [5, 5.41) is 10.2. The van der Waals surface area contributed by atoms with E-state index < -0.39 is 0 Å². The Labute approximate surface area is 153 Å². The second-order valence-electron chi connectivity index (χ2n) is 7.28. The van der Waals surface area contributed by atoms with Gasteiger partial charge in [-0.05, 0) is 50.0 Å². The Morgan fingerprint density at radius 3 is 2.48 bits per heavy atom. The average Bonchev–Trinajstić information content (AvgIpc) is 2.96. The third kappa shape index (κ3) is 9.20. The number of ketones is 1. The zero-order valence-corrected chi connectivity index (χ0v) is 16.0. The fraction of sp³-hybridized carbons (Fsp3) is 0.810. The van der Waals surface area contributed by atoms with Gasteiger partial charge >= 0.3 is 5.97 Å². The summed E-state index contributed by atoms with van der Waals surface area (Å²) >= 11 is 0. The van der Waals surface area contributed by atoms with Gasteiger partial charge in [0.2, 0.25) is 0 Å². The number of ether oxygens (including phenoxy) is 1. The third-order valence-corrected chi connectivity index (χ3v) is 5.29. The van der Waals surface area contributed by atoms with E-state index in [0.717, 1.165) is 64.2 Å². The van der Waals surface area contributed by atoms with Crippen molar-refractivity contribution >= 4 is 11.8 Å². The predicted octanol–water partition coefficient (Wildman–Crippen LogP) is 4.59. The summed E-state index contributed by atoms with van der Waals surface area (Å²) in [6, 6.07) is 0. The first-order chi connectivity index (χ1) is 12.1. The van der Waals surface area contributed by atoms with E-state index in [9.17, 15) is 14.7 Å². The van der Waals surface area contributed by atoms with E-state index in [-0.39, 0.29) is 23.8 Å². The lowest BCUT2D eigenvalue weighted by Gasteiger charge is -2.19. The monoisotopic (exact) mass is 352 g/mol. The van der Waals surface area contributed by atoms with Crippen molar-refractivity contribution in [2.24, 2.45) is 11.8 Å². The number of hydrogen-bond acceptors (Lipinski definition) is 4. The van der Waals surface area contributed by atoms with Crippen LogP contribution in [0.4, 0.5) is 0 Å². The Hall–Kier alpha value is -1.16. The summed E-state index contributed by atoms with van der Waals surface area (Å²) in [6.07, 6.45) is 14.8. The van der Waals surface area contributed by atoms with Crippen molar-refractivity contribution in [2.45, 2.75) is 90.1 Å². The van der Waals surface area contributed by atoms with Crippen molar-refractivity contribution in [3.05, 3.63) is 12.2 Å². The molecule has 0 spiro atoms. The number of carbonyl (C=O) groups excluding carboxylic acids is 2. The molecule has 1 N–H and O–H groups in total. The summed E-state index contributed by atoms with van der Waals surface area (Å²) in [7, 11) is 1.42. The highest BCUT2D eigenvalue weighted by molar-refractivity contribution is 5.89. The van der Waals surface area contributed by atoms with Crippen LogP contribution in [0.2, 0.25) is 0 Å². The Kier molecular flexibility index (Phi) is 11.5. The minimum atomic E-state index is -0.236. The number of allylic oxidation sites excluding steroid dienone is 2. The van der Waals surface area contributed by atoms with Gasteiger partial charge < -0.3 is 9.84 Å². The van der Waals surface area contributed by atoms with Gasteiger partial charge in [0.15, 0.2) is 5.78 Å². The molecule has 1 aliphatic carbocycles. The van der Waals surface area contributed by atoms with Gasteiger partial charge in [0, 0.05) is 12.8 Å². The van der Waals surface area contributed by atoms with E-state index in [0.29, 0.717) is 18.8 Å². The fourth-order valence-corrected chi connectivity index (χ4v) is 3.69. The zero-order chi connectivity index (χ0) is 18.5. The van der Waals surface area contributed by atoms with Crippen molar-refractivity contribution in [3.8, 4) is 0 Å². The number of esters is 1. The van der Waals surface area contributed by atoms with Gasteiger partial charge in [-0.25, -0.2) is 0 Å². The van der Waals surface area contributed by atoms with Gasteiger partial charge in [0.1, 0.15) is 0 Å². The van der Waals surface area contributed by atoms with Crippen LogP contribution < -0.4 is 0 Å². The number of carbonyl (C=O) groups is 2. The molecule has 3 atom stereocenters. The zero-order valence-electron chi connectivity index (χ0n) is 16.0. The molecule has 0 aromatic rings. The van der Waals surface area contributed by atoms with Gasteiger partial charge in [-0.1, -0.05) is 45.1 Å². The lowest BCUT2D eigenvalue weighted by atomic mass is 9.88. The molecular formula is C21H36O4.